The van der Waals surface area contributed by atoms with Crippen LogP contribution in [0.15, 0.2) is 29.2 Å². The lowest BCUT2D eigenvalue weighted by Gasteiger charge is -2.08. The van der Waals surface area contributed by atoms with Crippen LogP contribution >= 0.6 is 0 Å². The first-order valence-electron chi connectivity index (χ1n) is 5.83. The average molecular weight is 264 g/mol. The van der Waals surface area contributed by atoms with Gasteiger partial charge < -0.3 is 0 Å². The monoisotopic (exact) mass is 264 g/mol. The minimum Gasteiger partial charge on any atom is -0.208 e. The highest BCUT2D eigenvalue weighted by Gasteiger charge is 2.47. The molecule has 18 heavy (non-hydrogen) atoms. The van der Waals surface area contributed by atoms with Crippen molar-refractivity contribution in [1.82, 2.24) is 4.72 Å². The van der Waals surface area contributed by atoms with E-state index >= 15 is 0 Å². The van der Waals surface area contributed by atoms with E-state index in [1.807, 2.05) is 19.9 Å². The van der Waals surface area contributed by atoms with Gasteiger partial charge in [-0.1, -0.05) is 26.0 Å². The van der Waals surface area contributed by atoms with Crippen molar-refractivity contribution in [2.45, 2.75) is 37.6 Å². The summed E-state index contributed by atoms with van der Waals surface area (Å²) in [6.07, 6.45) is 1.17. The third kappa shape index (κ3) is 2.71. The van der Waals surface area contributed by atoms with Crippen LogP contribution in [0.1, 0.15) is 25.8 Å². The Morgan fingerprint density at radius 2 is 1.94 bits per heavy atom. The van der Waals surface area contributed by atoms with Crippen LogP contribution in [0.5, 0.6) is 0 Å². The van der Waals surface area contributed by atoms with E-state index < -0.39 is 10.0 Å². The summed E-state index contributed by atoms with van der Waals surface area (Å²) in [7, 11) is -3.43. The van der Waals surface area contributed by atoms with Gasteiger partial charge >= 0.3 is 0 Å². The molecule has 0 radical (unpaired) electrons. The Bertz CT molecular complexity index is 582. The fraction of sp³-hybridized carbons (Fsp3) is 0.462. The third-order valence-electron chi connectivity index (χ3n) is 3.33. The molecule has 1 unspecified atom stereocenters. The predicted octanol–water partition coefficient (Wildman–Crippen LogP) is 1.83. The molecule has 0 aromatic heterocycles. The van der Waals surface area contributed by atoms with Crippen molar-refractivity contribution in [3.05, 3.63) is 29.8 Å². The Labute approximate surface area is 108 Å². The van der Waals surface area contributed by atoms with Crippen molar-refractivity contribution in [2.75, 3.05) is 0 Å². The molecular formula is C13H16N2O2S. The molecule has 2 rings (SSSR count). The fourth-order valence-corrected chi connectivity index (χ4v) is 3.21. The second-order valence-electron chi connectivity index (χ2n) is 5.35. The molecular weight excluding hydrogens is 248 g/mol. The minimum absolute atomic E-state index is 0.0290. The van der Waals surface area contributed by atoms with Gasteiger partial charge in [-0.05, 0) is 29.5 Å². The molecule has 96 valence electrons. The van der Waals surface area contributed by atoms with Crippen LogP contribution < -0.4 is 4.72 Å². The smallest absolute Gasteiger partial charge is 0.208 e. The highest BCUT2D eigenvalue weighted by molar-refractivity contribution is 7.89. The van der Waals surface area contributed by atoms with Crippen molar-refractivity contribution in [3.8, 4) is 6.07 Å². The van der Waals surface area contributed by atoms with E-state index in [9.17, 15) is 8.42 Å². The van der Waals surface area contributed by atoms with Crippen molar-refractivity contribution in [1.29, 1.82) is 5.26 Å². The molecule has 1 N–H and O–H groups in total. The van der Waals surface area contributed by atoms with Gasteiger partial charge in [-0.15, -0.1) is 0 Å². The van der Waals surface area contributed by atoms with Crippen molar-refractivity contribution < 1.29 is 8.42 Å². The maximum Gasteiger partial charge on any atom is 0.240 e. The van der Waals surface area contributed by atoms with Crippen LogP contribution in [0.3, 0.4) is 0 Å². The van der Waals surface area contributed by atoms with Gasteiger partial charge in [0.05, 0.1) is 17.4 Å². The molecule has 1 aromatic carbocycles. The zero-order valence-corrected chi connectivity index (χ0v) is 11.3. The third-order valence-corrected chi connectivity index (χ3v) is 4.82. The average Bonchev–Trinajstić information content (AvgIpc) is 2.86. The van der Waals surface area contributed by atoms with E-state index in [4.69, 9.17) is 5.26 Å². The molecule has 0 amide bonds. The number of nitrogens with one attached hydrogen (secondary N) is 1. The van der Waals surface area contributed by atoms with Crippen LogP contribution in [0.2, 0.25) is 0 Å². The Kier molecular flexibility index (Phi) is 3.18. The molecule has 0 saturated heterocycles. The molecule has 1 saturated carbocycles. The highest BCUT2D eigenvalue weighted by atomic mass is 32.2. The van der Waals surface area contributed by atoms with Crippen LogP contribution in [-0.2, 0) is 16.4 Å². The minimum atomic E-state index is -3.43. The van der Waals surface area contributed by atoms with Crippen molar-refractivity contribution >= 4 is 10.0 Å². The molecule has 0 spiro atoms. The molecule has 0 aliphatic heterocycles. The normalized spacial score (nSPS) is 21.3. The molecule has 0 heterocycles. The van der Waals surface area contributed by atoms with Gasteiger partial charge in [0.25, 0.3) is 0 Å². The number of sulfonamides is 1. The van der Waals surface area contributed by atoms with Gasteiger partial charge in [-0.2, -0.15) is 5.26 Å². The summed E-state index contributed by atoms with van der Waals surface area (Å²) in [6.45, 7) is 4.08. The second kappa shape index (κ2) is 4.38. The van der Waals surface area contributed by atoms with Crippen molar-refractivity contribution in [2.24, 2.45) is 5.41 Å². The number of nitriles is 1. The topological polar surface area (TPSA) is 70.0 Å². The summed E-state index contributed by atoms with van der Waals surface area (Å²) in [6, 6.07) is 8.50. The summed E-state index contributed by atoms with van der Waals surface area (Å²) in [5.41, 5.74) is 0.886. The lowest BCUT2D eigenvalue weighted by Crippen LogP contribution is -2.28. The molecule has 5 heteroatoms. The number of nitrogens with zero attached hydrogens (tertiary/aromatic N) is 1. The summed E-state index contributed by atoms with van der Waals surface area (Å²) >= 11 is 0. The lowest BCUT2D eigenvalue weighted by atomic mass is 10.2. The van der Waals surface area contributed by atoms with Gasteiger partial charge in [0.15, 0.2) is 0 Å². The first kappa shape index (κ1) is 13.1. The summed E-state index contributed by atoms with van der Waals surface area (Å²) in [5.74, 6) is 0. The zero-order chi connectivity index (χ0) is 13.4. The first-order chi connectivity index (χ1) is 8.35. The van der Waals surface area contributed by atoms with Gasteiger partial charge in [0.1, 0.15) is 0 Å². The maximum absolute atomic E-state index is 12.1. The van der Waals surface area contributed by atoms with Gasteiger partial charge in [0, 0.05) is 6.04 Å². The van der Waals surface area contributed by atoms with Crippen LogP contribution in [0.25, 0.3) is 0 Å². The van der Waals surface area contributed by atoms with E-state index in [1.54, 1.807) is 24.3 Å². The predicted molar refractivity (Wildman–Crippen MR) is 68.3 cm³/mol. The Balaban J connectivity index is 2.13. The van der Waals surface area contributed by atoms with Crippen LogP contribution in [0.4, 0.5) is 0 Å². The number of hydrogen-bond donors (Lipinski definition) is 1. The zero-order valence-electron chi connectivity index (χ0n) is 10.5. The Morgan fingerprint density at radius 1 is 1.39 bits per heavy atom. The summed E-state index contributed by atoms with van der Waals surface area (Å²) < 4.78 is 26.8. The lowest BCUT2D eigenvalue weighted by molar-refractivity contribution is 0.555. The first-order valence-corrected chi connectivity index (χ1v) is 7.32. The molecule has 4 nitrogen and oxygen atoms in total. The van der Waals surface area contributed by atoms with Gasteiger partial charge in [0.2, 0.25) is 10.0 Å². The van der Waals surface area contributed by atoms with E-state index in [1.165, 1.54) is 0 Å². The van der Waals surface area contributed by atoms with E-state index in [-0.39, 0.29) is 16.4 Å². The van der Waals surface area contributed by atoms with Gasteiger partial charge in [-0.3, -0.25) is 0 Å². The molecule has 1 atom stereocenters. The molecule has 0 bridgehead atoms. The summed E-state index contributed by atoms with van der Waals surface area (Å²) in [4.78, 5) is 0.256. The standard InChI is InChI=1S/C13H16N2O2S/c1-13(2)9-12(13)15-18(16,17)11-5-3-10(4-6-11)7-8-14/h3-6,12,15H,7,9H2,1-2H3. The Hall–Kier alpha value is -1.38. The number of hydrogen-bond acceptors (Lipinski definition) is 3. The highest BCUT2D eigenvalue weighted by Crippen LogP contribution is 2.45. The molecule has 1 aromatic rings. The molecule has 1 fully saturated rings. The van der Waals surface area contributed by atoms with Crippen LogP contribution in [-0.4, -0.2) is 14.5 Å². The maximum atomic E-state index is 12.1. The largest absolute Gasteiger partial charge is 0.240 e. The fourth-order valence-electron chi connectivity index (χ4n) is 1.80. The van der Waals surface area contributed by atoms with E-state index in [0.29, 0.717) is 6.42 Å². The van der Waals surface area contributed by atoms with Gasteiger partial charge in [-0.25, -0.2) is 13.1 Å². The van der Waals surface area contributed by atoms with Crippen LogP contribution in [0, 0.1) is 16.7 Å². The Morgan fingerprint density at radius 3 is 2.39 bits per heavy atom. The molecule has 1 aliphatic rings. The van der Waals surface area contributed by atoms with E-state index in [2.05, 4.69) is 4.72 Å². The SMILES string of the molecule is CC1(C)CC1NS(=O)(=O)c1ccc(CC#N)cc1. The second-order valence-corrected chi connectivity index (χ2v) is 7.06. The summed E-state index contributed by atoms with van der Waals surface area (Å²) in [5, 5.41) is 8.55. The quantitative estimate of drug-likeness (QED) is 0.902. The number of benzene rings is 1. The number of rotatable bonds is 4. The molecule has 1 aliphatic carbocycles. The van der Waals surface area contributed by atoms with Crippen molar-refractivity contribution in [3.63, 3.8) is 0 Å². The van der Waals surface area contributed by atoms with E-state index in [0.717, 1.165) is 12.0 Å².